The van der Waals surface area contributed by atoms with Crippen molar-refractivity contribution < 1.29 is 14.5 Å². The van der Waals surface area contributed by atoms with Gasteiger partial charge in [0.2, 0.25) is 0 Å². The average Bonchev–Trinajstić information content (AvgIpc) is 2.83. The molecule has 8 heteroatoms. The molecule has 1 aromatic heterocycles. The molecule has 0 saturated carbocycles. The highest BCUT2D eigenvalue weighted by molar-refractivity contribution is 5.94. The van der Waals surface area contributed by atoms with Gasteiger partial charge in [0.1, 0.15) is 24.4 Å². The predicted octanol–water partition coefficient (Wildman–Crippen LogP) is 3.84. The molecular formula is C24H24N4O4. The number of rotatable bonds is 6. The zero-order valence-electron chi connectivity index (χ0n) is 17.8. The van der Waals surface area contributed by atoms with E-state index in [4.69, 9.17) is 4.74 Å². The molecule has 1 aliphatic heterocycles. The summed E-state index contributed by atoms with van der Waals surface area (Å²) in [6.45, 7) is 4.65. The van der Waals surface area contributed by atoms with Gasteiger partial charge in [-0.15, -0.1) is 0 Å². The predicted molar refractivity (Wildman–Crippen MR) is 121 cm³/mol. The van der Waals surface area contributed by atoms with Crippen LogP contribution < -0.4 is 9.64 Å². The Bertz CT molecular complexity index is 1090. The molecule has 1 saturated heterocycles. The van der Waals surface area contributed by atoms with Crippen molar-refractivity contribution in [3.63, 3.8) is 0 Å². The molecule has 1 fully saturated rings. The number of carbonyl (C=O) groups excluding carboxylic acids is 1. The van der Waals surface area contributed by atoms with Crippen molar-refractivity contribution in [3.8, 4) is 5.75 Å². The highest BCUT2D eigenvalue weighted by atomic mass is 16.6. The van der Waals surface area contributed by atoms with Crippen LogP contribution in [0.5, 0.6) is 5.75 Å². The number of benzene rings is 2. The van der Waals surface area contributed by atoms with Crippen LogP contribution in [0, 0.1) is 17.0 Å². The van der Waals surface area contributed by atoms with Crippen molar-refractivity contribution in [1.29, 1.82) is 0 Å². The monoisotopic (exact) mass is 432 g/mol. The van der Waals surface area contributed by atoms with E-state index < -0.39 is 4.92 Å². The number of aromatic nitrogens is 1. The molecular weight excluding hydrogens is 408 g/mol. The third-order valence-corrected chi connectivity index (χ3v) is 5.46. The van der Waals surface area contributed by atoms with Crippen LogP contribution in [0.1, 0.15) is 21.5 Å². The maximum Gasteiger partial charge on any atom is 0.287 e. The van der Waals surface area contributed by atoms with E-state index in [2.05, 4.69) is 9.88 Å². The first-order valence-electron chi connectivity index (χ1n) is 10.4. The van der Waals surface area contributed by atoms with Gasteiger partial charge in [0.05, 0.1) is 4.92 Å². The molecule has 0 radical (unpaired) electrons. The quantitative estimate of drug-likeness (QED) is 0.434. The minimum atomic E-state index is -0.446. The molecule has 0 spiro atoms. The first-order chi connectivity index (χ1) is 15.5. The Morgan fingerprint density at radius 1 is 1.06 bits per heavy atom. The topological polar surface area (TPSA) is 88.8 Å². The lowest BCUT2D eigenvalue weighted by atomic mass is 10.1. The fraction of sp³-hybridized carbons (Fsp3) is 0.250. The molecule has 0 unspecified atom stereocenters. The summed E-state index contributed by atoms with van der Waals surface area (Å²) in [6.07, 6.45) is 1.28. The highest BCUT2D eigenvalue weighted by Gasteiger charge is 2.24. The van der Waals surface area contributed by atoms with Crippen LogP contribution in [0.3, 0.4) is 0 Å². The summed E-state index contributed by atoms with van der Waals surface area (Å²) in [5, 5.41) is 10.9. The number of piperazine rings is 1. The van der Waals surface area contributed by atoms with Gasteiger partial charge in [0.25, 0.3) is 11.6 Å². The van der Waals surface area contributed by atoms with Gasteiger partial charge in [-0.3, -0.25) is 14.9 Å². The number of nitrogens with zero attached hydrogens (tertiary/aromatic N) is 4. The zero-order chi connectivity index (χ0) is 22.5. The lowest BCUT2D eigenvalue weighted by Gasteiger charge is -2.36. The molecule has 164 valence electrons. The summed E-state index contributed by atoms with van der Waals surface area (Å²) in [6, 6.07) is 18.7. The normalized spacial score (nSPS) is 13.7. The van der Waals surface area contributed by atoms with Gasteiger partial charge >= 0.3 is 0 Å². The van der Waals surface area contributed by atoms with Gasteiger partial charge in [-0.25, -0.2) is 4.98 Å². The average molecular weight is 432 g/mol. The Labute approximate surface area is 186 Å². The molecule has 3 aromatic rings. The van der Waals surface area contributed by atoms with E-state index in [1.54, 1.807) is 12.1 Å². The van der Waals surface area contributed by atoms with E-state index in [9.17, 15) is 14.9 Å². The number of pyridine rings is 1. The third-order valence-electron chi connectivity index (χ3n) is 5.46. The van der Waals surface area contributed by atoms with Crippen molar-refractivity contribution >= 4 is 17.4 Å². The first kappa shape index (κ1) is 21.3. The SMILES string of the molecule is Cc1cc([N+](=O)[O-])cnc1N1CCN(C(=O)c2ccc(OCc3ccccc3)cc2)CC1. The summed E-state index contributed by atoms with van der Waals surface area (Å²) in [5.41, 5.74) is 2.44. The van der Waals surface area contributed by atoms with E-state index in [0.717, 1.165) is 22.7 Å². The standard InChI is InChI=1S/C24H24N4O4/c1-18-15-21(28(30)31)16-25-23(18)26-11-13-27(14-12-26)24(29)20-7-9-22(10-8-20)32-17-19-5-3-2-4-6-19/h2-10,15-16H,11-14,17H2,1H3. The van der Waals surface area contributed by atoms with Gasteiger partial charge in [-0.05, 0) is 42.3 Å². The number of nitro groups is 1. The van der Waals surface area contributed by atoms with E-state index in [0.29, 0.717) is 38.3 Å². The molecule has 32 heavy (non-hydrogen) atoms. The maximum atomic E-state index is 12.9. The summed E-state index contributed by atoms with van der Waals surface area (Å²) in [5.74, 6) is 1.42. The Hall–Kier alpha value is -3.94. The fourth-order valence-corrected chi connectivity index (χ4v) is 3.72. The third kappa shape index (κ3) is 4.85. The van der Waals surface area contributed by atoms with Gasteiger partial charge in [-0.2, -0.15) is 0 Å². The molecule has 1 aliphatic rings. The van der Waals surface area contributed by atoms with Crippen LogP contribution in [0.4, 0.5) is 11.5 Å². The number of hydrogen-bond acceptors (Lipinski definition) is 6. The van der Waals surface area contributed by atoms with Crippen LogP contribution in [-0.2, 0) is 6.61 Å². The number of carbonyl (C=O) groups is 1. The smallest absolute Gasteiger partial charge is 0.287 e. The summed E-state index contributed by atoms with van der Waals surface area (Å²) in [7, 11) is 0. The molecule has 0 N–H and O–H groups in total. The molecule has 0 bridgehead atoms. The van der Waals surface area contributed by atoms with Crippen LogP contribution in [0.2, 0.25) is 0 Å². The second kappa shape index (κ2) is 9.47. The zero-order valence-corrected chi connectivity index (χ0v) is 17.8. The van der Waals surface area contributed by atoms with E-state index in [1.807, 2.05) is 54.3 Å². The molecule has 0 aliphatic carbocycles. The molecule has 2 heterocycles. The van der Waals surface area contributed by atoms with E-state index in [1.165, 1.54) is 12.3 Å². The number of aryl methyl sites for hydroxylation is 1. The largest absolute Gasteiger partial charge is 0.489 e. The van der Waals surface area contributed by atoms with Crippen LogP contribution in [0.25, 0.3) is 0 Å². The maximum absolute atomic E-state index is 12.9. The Kier molecular flexibility index (Phi) is 6.30. The minimum absolute atomic E-state index is 0.0174. The van der Waals surface area contributed by atoms with Gasteiger partial charge < -0.3 is 14.5 Å². The Morgan fingerprint density at radius 3 is 2.38 bits per heavy atom. The van der Waals surface area contributed by atoms with Crippen LogP contribution in [-0.4, -0.2) is 46.9 Å². The van der Waals surface area contributed by atoms with Crippen molar-refractivity contribution in [2.24, 2.45) is 0 Å². The van der Waals surface area contributed by atoms with Gasteiger partial charge in [0.15, 0.2) is 0 Å². The molecule has 8 nitrogen and oxygen atoms in total. The summed E-state index contributed by atoms with van der Waals surface area (Å²) >= 11 is 0. The minimum Gasteiger partial charge on any atom is -0.489 e. The molecule has 2 aromatic carbocycles. The summed E-state index contributed by atoms with van der Waals surface area (Å²) < 4.78 is 5.79. The summed E-state index contributed by atoms with van der Waals surface area (Å²) in [4.78, 5) is 31.5. The first-order valence-corrected chi connectivity index (χ1v) is 10.4. The lowest BCUT2D eigenvalue weighted by molar-refractivity contribution is -0.385. The molecule has 0 atom stereocenters. The van der Waals surface area contributed by atoms with E-state index in [-0.39, 0.29) is 11.6 Å². The molecule has 4 rings (SSSR count). The number of anilines is 1. The number of ether oxygens (including phenoxy) is 1. The molecule has 1 amide bonds. The second-order valence-corrected chi connectivity index (χ2v) is 7.67. The van der Waals surface area contributed by atoms with Crippen molar-refractivity contribution in [2.75, 3.05) is 31.1 Å². The van der Waals surface area contributed by atoms with Crippen molar-refractivity contribution in [2.45, 2.75) is 13.5 Å². The second-order valence-electron chi connectivity index (χ2n) is 7.67. The fourth-order valence-electron chi connectivity index (χ4n) is 3.72. The van der Waals surface area contributed by atoms with E-state index >= 15 is 0 Å². The Morgan fingerprint density at radius 2 is 1.75 bits per heavy atom. The van der Waals surface area contributed by atoms with Crippen LogP contribution in [0.15, 0.2) is 66.9 Å². The van der Waals surface area contributed by atoms with Crippen molar-refractivity contribution in [1.82, 2.24) is 9.88 Å². The highest BCUT2D eigenvalue weighted by Crippen LogP contribution is 2.23. The lowest BCUT2D eigenvalue weighted by Crippen LogP contribution is -2.49. The Balaban J connectivity index is 1.32. The number of amides is 1. The number of hydrogen-bond donors (Lipinski definition) is 0. The van der Waals surface area contributed by atoms with Crippen LogP contribution >= 0.6 is 0 Å². The van der Waals surface area contributed by atoms with Gasteiger partial charge in [0, 0.05) is 37.8 Å². The van der Waals surface area contributed by atoms with Gasteiger partial charge in [-0.1, -0.05) is 30.3 Å². The van der Waals surface area contributed by atoms with Crippen molar-refractivity contribution in [3.05, 3.63) is 93.7 Å².